The van der Waals surface area contributed by atoms with Gasteiger partial charge in [0.25, 0.3) is 0 Å². The van der Waals surface area contributed by atoms with E-state index < -0.39 is 0 Å². The van der Waals surface area contributed by atoms with Crippen LogP contribution >= 0.6 is 0 Å². The maximum absolute atomic E-state index is 13.1. The molecule has 0 aliphatic heterocycles. The third-order valence-corrected chi connectivity index (χ3v) is 4.47. The topological polar surface area (TPSA) is 82.4 Å². The van der Waals surface area contributed by atoms with Crippen molar-refractivity contribution in [1.29, 1.82) is 0 Å². The van der Waals surface area contributed by atoms with Gasteiger partial charge in [-0.05, 0) is 61.0 Å². The summed E-state index contributed by atoms with van der Waals surface area (Å²) < 4.78 is 24.0. The summed E-state index contributed by atoms with van der Waals surface area (Å²) in [5, 5.41) is 12.1. The minimum Gasteiger partial charge on any atom is -0.493 e. The molecule has 0 aliphatic rings. The van der Waals surface area contributed by atoms with Gasteiger partial charge in [0.1, 0.15) is 12.4 Å². The Morgan fingerprint density at radius 2 is 1.90 bits per heavy atom. The number of rotatable bonds is 9. The van der Waals surface area contributed by atoms with Crippen LogP contribution in [-0.4, -0.2) is 51.3 Å². The minimum atomic E-state index is -0.342. The van der Waals surface area contributed by atoms with Crippen LogP contribution in [0.15, 0.2) is 42.5 Å². The number of benzene rings is 2. The largest absolute Gasteiger partial charge is 0.493 e. The highest BCUT2D eigenvalue weighted by Gasteiger charge is 2.16. The van der Waals surface area contributed by atoms with E-state index in [1.807, 2.05) is 32.0 Å². The average molecular weight is 413 g/mol. The normalized spacial score (nSPS) is 10.7. The first-order valence-corrected chi connectivity index (χ1v) is 9.65. The summed E-state index contributed by atoms with van der Waals surface area (Å²) in [5.41, 5.74) is 1.55. The molecule has 0 unspecified atom stereocenters. The molecule has 0 fully saturated rings. The van der Waals surface area contributed by atoms with E-state index in [4.69, 9.17) is 9.47 Å². The lowest BCUT2D eigenvalue weighted by Gasteiger charge is -2.21. The summed E-state index contributed by atoms with van der Waals surface area (Å²) in [4.78, 5) is 15.7. The van der Waals surface area contributed by atoms with Crippen LogP contribution in [0.5, 0.6) is 11.5 Å². The summed E-state index contributed by atoms with van der Waals surface area (Å²) in [6, 6.07) is 11.4. The highest BCUT2D eigenvalue weighted by atomic mass is 19.1. The lowest BCUT2D eigenvalue weighted by Crippen LogP contribution is -2.33. The van der Waals surface area contributed by atoms with Gasteiger partial charge in [0.2, 0.25) is 11.7 Å². The van der Waals surface area contributed by atoms with Crippen LogP contribution in [0.25, 0.3) is 11.4 Å². The Hall–Kier alpha value is -3.49. The molecule has 1 heterocycles. The van der Waals surface area contributed by atoms with E-state index in [0.717, 1.165) is 5.56 Å². The number of amides is 1. The maximum Gasteiger partial charge on any atom is 0.246 e. The molecule has 3 rings (SSSR count). The van der Waals surface area contributed by atoms with Gasteiger partial charge >= 0.3 is 0 Å². The molecule has 2 aromatic carbocycles. The predicted molar refractivity (Wildman–Crippen MR) is 108 cm³/mol. The third kappa shape index (κ3) is 5.11. The number of halogens is 1. The summed E-state index contributed by atoms with van der Waals surface area (Å²) in [5.74, 6) is 1.14. The highest BCUT2D eigenvalue weighted by molar-refractivity contribution is 5.75. The van der Waals surface area contributed by atoms with Crippen LogP contribution < -0.4 is 9.47 Å². The number of aromatic nitrogens is 4. The van der Waals surface area contributed by atoms with Gasteiger partial charge in [0.15, 0.2) is 11.5 Å². The van der Waals surface area contributed by atoms with E-state index >= 15 is 0 Å². The molecule has 158 valence electrons. The van der Waals surface area contributed by atoms with Gasteiger partial charge in [-0.1, -0.05) is 6.07 Å². The number of methoxy groups -OCH3 is 1. The zero-order chi connectivity index (χ0) is 21.5. The lowest BCUT2D eigenvalue weighted by molar-refractivity contribution is -0.132. The van der Waals surface area contributed by atoms with Crippen molar-refractivity contribution in [2.75, 3.05) is 20.3 Å². The maximum atomic E-state index is 13.1. The van der Waals surface area contributed by atoms with Gasteiger partial charge < -0.3 is 14.4 Å². The Morgan fingerprint density at radius 3 is 2.57 bits per heavy atom. The predicted octanol–water partition coefficient (Wildman–Crippen LogP) is 2.94. The molecule has 1 aromatic heterocycles. The molecular weight excluding hydrogens is 389 g/mol. The van der Waals surface area contributed by atoms with E-state index in [-0.39, 0.29) is 18.3 Å². The first kappa shape index (κ1) is 21.2. The molecule has 0 bridgehead atoms. The van der Waals surface area contributed by atoms with Crippen LogP contribution in [-0.2, 0) is 17.9 Å². The fourth-order valence-electron chi connectivity index (χ4n) is 2.93. The summed E-state index contributed by atoms with van der Waals surface area (Å²) in [6.45, 7) is 5.24. The van der Waals surface area contributed by atoms with E-state index in [1.165, 1.54) is 16.9 Å². The zero-order valence-electron chi connectivity index (χ0n) is 17.2. The number of ether oxygens (including phenoxy) is 2. The number of carbonyl (C=O) groups is 1. The molecular formula is C21H24FN5O3. The number of hydrogen-bond acceptors (Lipinski definition) is 6. The molecule has 9 heteroatoms. The van der Waals surface area contributed by atoms with E-state index in [9.17, 15) is 9.18 Å². The highest BCUT2D eigenvalue weighted by Crippen LogP contribution is 2.28. The molecule has 0 saturated carbocycles. The summed E-state index contributed by atoms with van der Waals surface area (Å²) >= 11 is 0. The lowest BCUT2D eigenvalue weighted by atomic mass is 10.2. The monoisotopic (exact) mass is 413 g/mol. The quantitative estimate of drug-likeness (QED) is 0.536. The van der Waals surface area contributed by atoms with Gasteiger partial charge in [-0.2, -0.15) is 4.80 Å². The van der Waals surface area contributed by atoms with Crippen LogP contribution in [0, 0.1) is 5.82 Å². The summed E-state index contributed by atoms with van der Waals surface area (Å²) in [6.07, 6.45) is 0. The van der Waals surface area contributed by atoms with Gasteiger partial charge in [-0.3, -0.25) is 4.79 Å². The van der Waals surface area contributed by atoms with E-state index in [1.54, 1.807) is 24.1 Å². The van der Waals surface area contributed by atoms with Crippen molar-refractivity contribution in [2.24, 2.45) is 0 Å². The first-order valence-electron chi connectivity index (χ1n) is 9.65. The Bertz CT molecular complexity index is 991. The van der Waals surface area contributed by atoms with Crippen LogP contribution in [0.4, 0.5) is 4.39 Å². The van der Waals surface area contributed by atoms with Crippen LogP contribution in [0.2, 0.25) is 0 Å². The molecule has 0 atom stereocenters. The van der Waals surface area contributed by atoms with Gasteiger partial charge in [0, 0.05) is 18.7 Å². The number of likely N-dealkylation sites (N-methyl/N-ethyl adjacent to an activating group) is 1. The van der Waals surface area contributed by atoms with Crippen molar-refractivity contribution in [3.8, 4) is 22.9 Å². The van der Waals surface area contributed by atoms with Crippen LogP contribution in [0.1, 0.15) is 19.4 Å². The molecule has 30 heavy (non-hydrogen) atoms. The fraction of sp³-hybridized carbons (Fsp3) is 0.333. The fourth-order valence-corrected chi connectivity index (χ4v) is 2.93. The Labute approximate surface area is 174 Å². The summed E-state index contributed by atoms with van der Waals surface area (Å²) in [7, 11) is 1.58. The second kappa shape index (κ2) is 9.82. The third-order valence-electron chi connectivity index (χ3n) is 4.47. The smallest absolute Gasteiger partial charge is 0.246 e. The molecule has 0 aliphatic carbocycles. The molecule has 0 radical (unpaired) electrons. The van der Waals surface area contributed by atoms with Gasteiger partial charge in [-0.15, -0.1) is 10.2 Å². The van der Waals surface area contributed by atoms with Crippen molar-refractivity contribution in [3.05, 3.63) is 53.8 Å². The van der Waals surface area contributed by atoms with Gasteiger partial charge in [-0.25, -0.2) is 4.39 Å². The second-order valence-corrected chi connectivity index (χ2v) is 6.48. The molecule has 3 aromatic rings. The standard InChI is InChI=1S/C21H24FN5O3/c1-4-26(13-15-6-11-18(30-5-2)19(12-15)29-3)20(28)14-27-24-21(23-25-27)16-7-9-17(22)10-8-16/h6-12H,4-5,13-14H2,1-3H3. The minimum absolute atomic E-state index is 0.0454. The molecule has 1 amide bonds. The number of carbonyl (C=O) groups excluding carboxylic acids is 1. The molecule has 0 saturated heterocycles. The van der Waals surface area contributed by atoms with E-state index in [0.29, 0.717) is 42.6 Å². The second-order valence-electron chi connectivity index (χ2n) is 6.48. The van der Waals surface area contributed by atoms with Crippen molar-refractivity contribution in [3.63, 3.8) is 0 Å². The van der Waals surface area contributed by atoms with E-state index in [2.05, 4.69) is 15.4 Å². The molecule has 0 N–H and O–H groups in total. The Morgan fingerprint density at radius 1 is 1.13 bits per heavy atom. The van der Waals surface area contributed by atoms with Crippen LogP contribution in [0.3, 0.4) is 0 Å². The average Bonchev–Trinajstić information content (AvgIpc) is 3.21. The number of hydrogen-bond donors (Lipinski definition) is 0. The van der Waals surface area contributed by atoms with Crippen molar-refractivity contribution in [2.45, 2.75) is 26.9 Å². The van der Waals surface area contributed by atoms with Crippen molar-refractivity contribution in [1.82, 2.24) is 25.1 Å². The Kier molecular flexibility index (Phi) is 6.95. The van der Waals surface area contributed by atoms with Crippen molar-refractivity contribution < 1.29 is 18.7 Å². The Balaban J connectivity index is 1.67. The van der Waals surface area contributed by atoms with Crippen molar-refractivity contribution >= 4 is 5.91 Å². The van der Waals surface area contributed by atoms with Gasteiger partial charge in [0.05, 0.1) is 13.7 Å². The zero-order valence-corrected chi connectivity index (χ0v) is 17.2. The molecule has 8 nitrogen and oxygen atoms in total. The first-order chi connectivity index (χ1) is 14.5. The SMILES string of the molecule is CCOc1ccc(CN(CC)C(=O)Cn2nnc(-c3ccc(F)cc3)n2)cc1OC. The molecule has 0 spiro atoms. The number of tetrazole rings is 1. The number of nitrogens with zero attached hydrogens (tertiary/aromatic N) is 5.